The minimum Gasteiger partial charge on any atom is -0.390 e. The van der Waals surface area contributed by atoms with Crippen molar-refractivity contribution in [3.8, 4) is 0 Å². The molecule has 0 spiro atoms. The molecule has 1 aromatic carbocycles. The third kappa shape index (κ3) is 2.56. The van der Waals surface area contributed by atoms with Gasteiger partial charge in [0.15, 0.2) is 0 Å². The van der Waals surface area contributed by atoms with Gasteiger partial charge in [0.05, 0.1) is 5.60 Å². The van der Waals surface area contributed by atoms with Crippen LogP contribution < -0.4 is 0 Å². The summed E-state index contributed by atoms with van der Waals surface area (Å²) in [5.41, 5.74) is 0.825. The van der Waals surface area contributed by atoms with Gasteiger partial charge in [0, 0.05) is 10.6 Å². The Balaban J connectivity index is 2.31. The van der Waals surface area contributed by atoms with Crippen LogP contribution >= 0.6 is 11.6 Å². The molecular weight excluding hydrogens is 246 g/mol. The summed E-state index contributed by atoms with van der Waals surface area (Å²) >= 11 is 5.97. The summed E-state index contributed by atoms with van der Waals surface area (Å²) in [5.74, 6) is 0. The normalized spacial score (nSPS) is 32.8. The Kier molecular flexibility index (Phi) is 3.72. The molecule has 0 aliphatic heterocycles. The summed E-state index contributed by atoms with van der Waals surface area (Å²) < 4.78 is 0. The number of hydrogen-bond acceptors (Lipinski definition) is 2. The van der Waals surface area contributed by atoms with Gasteiger partial charge >= 0.3 is 0 Å². The number of benzene rings is 1. The van der Waals surface area contributed by atoms with Crippen LogP contribution in [0.25, 0.3) is 0 Å². The van der Waals surface area contributed by atoms with Crippen molar-refractivity contribution in [2.45, 2.75) is 43.7 Å². The molecule has 3 heteroatoms. The van der Waals surface area contributed by atoms with E-state index in [4.69, 9.17) is 11.6 Å². The third-order valence-electron chi connectivity index (χ3n) is 4.39. The fourth-order valence-electron chi connectivity index (χ4n) is 2.96. The fourth-order valence-corrected chi connectivity index (χ4v) is 3.08. The molecule has 1 fully saturated rings. The molecule has 0 amide bonds. The van der Waals surface area contributed by atoms with Crippen LogP contribution in [0.1, 0.15) is 38.2 Å². The van der Waals surface area contributed by atoms with Crippen LogP contribution in [0, 0.1) is 0 Å². The number of aliphatic hydroxyl groups is 1. The second-order valence-electron chi connectivity index (χ2n) is 5.93. The van der Waals surface area contributed by atoms with Crippen LogP contribution in [0.4, 0.5) is 0 Å². The van der Waals surface area contributed by atoms with Gasteiger partial charge < -0.3 is 5.11 Å². The molecule has 0 radical (unpaired) electrons. The number of rotatable bonds is 2. The van der Waals surface area contributed by atoms with Crippen LogP contribution in [-0.2, 0) is 5.54 Å². The molecule has 1 saturated carbocycles. The highest BCUT2D eigenvalue weighted by Crippen LogP contribution is 2.44. The Morgan fingerprint density at radius 3 is 2.00 bits per heavy atom. The maximum atomic E-state index is 10.1. The van der Waals surface area contributed by atoms with Crippen molar-refractivity contribution in [3.63, 3.8) is 0 Å². The second kappa shape index (κ2) is 4.84. The van der Waals surface area contributed by atoms with Gasteiger partial charge in [-0.3, -0.25) is 4.90 Å². The van der Waals surface area contributed by atoms with Gasteiger partial charge in [0.2, 0.25) is 0 Å². The first-order chi connectivity index (χ1) is 8.36. The zero-order valence-electron chi connectivity index (χ0n) is 11.4. The predicted molar refractivity (Wildman–Crippen MR) is 75.9 cm³/mol. The van der Waals surface area contributed by atoms with E-state index in [1.165, 1.54) is 5.56 Å². The second-order valence-corrected chi connectivity index (χ2v) is 6.37. The highest BCUT2D eigenvalue weighted by molar-refractivity contribution is 6.30. The molecular formula is C15H22ClNO. The summed E-state index contributed by atoms with van der Waals surface area (Å²) in [6.45, 7) is 1.94. The number of halogens is 1. The molecule has 0 atom stereocenters. The lowest BCUT2D eigenvalue weighted by Gasteiger charge is -2.47. The smallest absolute Gasteiger partial charge is 0.0621 e. The van der Waals surface area contributed by atoms with Crippen molar-refractivity contribution >= 4 is 11.6 Å². The first kappa shape index (κ1) is 13.9. The minimum absolute atomic E-state index is 0.0346. The van der Waals surface area contributed by atoms with Crippen LogP contribution in [0.5, 0.6) is 0 Å². The lowest BCUT2D eigenvalue weighted by molar-refractivity contribution is -0.0335. The Bertz CT molecular complexity index is 401. The van der Waals surface area contributed by atoms with Crippen LogP contribution in [-0.4, -0.2) is 29.7 Å². The van der Waals surface area contributed by atoms with Crippen molar-refractivity contribution < 1.29 is 5.11 Å². The Hall–Kier alpha value is -0.570. The number of hydrogen-bond donors (Lipinski definition) is 1. The van der Waals surface area contributed by atoms with Crippen molar-refractivity contribution in [1.82, 2.24) is 4.90 Å². The summed E-state index contributed by atoms with van der Waals surface area (Å²) in [5, 5.41) is 10.9. The molecule has 1 N–H and O–H groups in total. The predicted octanol–water partition coefficient (Wildman–Crippen LogP) is 3.42. The molecule has 18 heavy (non-hydrogen) atoms. The Morgan fingerprint density at radius 2 is 1.56 bits per heavy atom. The summed E-state index contributed by atoms with van der Waals surface area (Å²) in [6, 6.07) is 8.13. The van der Waals surface area contributed by atoms with E-state index in [2.05, 4.69) is 31.1 Å². The molecule has 2 nitrogen and oxygen atoms in total. The van der Waals surface area contributed by atoms with E-state index in [0.29, 0.717) is 0 Å². The van der Waals surface area contributed by atoms with Crippen molar-refractivity contribution in [3.05, 3.63) is 34.9 Å². The lowest BCUT2D eigenvalue weighted by atomic mass is 9.70. The van der Waals surface area contributed by atoms with E-state index in [1.807, 2.05) is 19.1 Å². The van der Waals surface area contributed by atoms with E-state index >= 15 is 0 Å². The molecule has 1 aromatic rings. The fraction of sp³-hybridized carbons (Fsp3) is 0.600. The molecule has 0 aromatic heterocycles. The summed E-state index contributed by atoms with van der Waals surface area (Å²) in [6.07, 6.45) is 3.64. The lowest BCUT2D eigenvalue weighted by Crippen LogP contribution is -2.48. The molecule has 2 rings (SSSR count). The van der Waals surface area contributed by atoms with Gasteiger partial charge in [-0.15, -0.1) is 0 Å². The Labute approximate surface area is 115 Å². The SMILES string of the molecule is CN(C)C1(c2ccc(Cl)cc2)CCC(C)(O)CC1. The van der Waals surface area contributed by atoms with Gasteiger partial charge in [-0.25, -0.2) is 0 Å². The van der Waals surface area contributed by atoms with E-state index < -0.39 is 5.60 Å². The topological polar surface area (TPSA) is 23.5 Å². The molecule has 0 heterocycles. The summed E-state index contributed by atoms with van der Waals surface area (Å²) in [7, 11) is 4.24. The molecule has 1 aliphatic carbocycles. The number of nitrogens with zero attached hydrogens (tertiary/aromatic N) is 1. The van der Waals surface area contributed by atoms with Crippen LogP contribution in [0.2, 0.25) is 5.02 Å². The van der Waals surface area contributed by atoms with Crippen molar-refractivity contribution in [2.24, 2.45) is 0 Å². The van der Waals surface area contributed by atoms with E-state index in [-0.39, 0.29) is 5.54 Å². The zero-order chi connectivity index (χ0) is 13.4. The summed E-state index contributed by atoms with van der Waals surface area (Å²) in [4.78, 5) is 2.28. The average Bonchev–Trinajstić information content (AvgIpc) is 2.30. The highest BCUT2D eigenvalue weighted by atomic mass is 35.5. The van der Waals surface area contributed by atoms with E-state index in [9.17, 15) is 5.11 Å². The quantitative estimate of drug-likeness (QED) is 0.888. The van der Waals surface area contributed by atoms with Crippen LogP contribution in [0.3, 0.4) is 0 Å². The first-order valence-electron chi connectivity index (χ1n) is 6.52. The molecule has 100 valence electrons. The zero-order valence-corrected chi connectivity index (χ0v) is 12.2. The molecule has 0 bridgehead atoms. The van der Waals surface area contributed by atoms with Crippen LogP contribution in [0.15, 0.2) is 24.3 Å². The van der Waals surface area contributed by atoms with Gasteiger partial charge in [0.25, 0.3) is 0 Å². The monoisotopic (exact) mass is 267 g/mol. The average molecular weight is 268 g/mol. The Morgan fingerprint density at radius 1 is 1.06 bits per heavy atom. The standard InChI is InChI=1S/C15H22ClNO/c1-14(18)8-10-15(11-9-14,17(2)3)12-4-6-13(16)7-5-12/h4-7,18H,8-11H2,1-3H3. The largest absolute Gasteiger partial charge is 0.390 e. The van der Waals surface area contributed by atoms with Gasteiger partial charge in [-0.2, -0.15) is 0 Å². The van der Waals surface area contributed by atoms with Crippen molar-refractivity contribution in [2.75, 3.05) is 14.1 Å². The van der Waals surface area contributed by atoms with E-state index in [0.717, 1.165) is 30.7 Å². The van der Waals surface area contributed by atoms with Crippen molar-refractivity contribution in [1.29, 1.82) is 0 Å². The van der Waals surface area contributed by atoms with Gasteiger partial charge in [-0.05, 0) is 64.4 Å². The van der Waals surface area contributed by atoms with Gasteiger partial charge in [0.1, 0.15) is 0 Å². The first-order valence-corrected chi connectivity index (χ1v) is 6.89. The molecule has 1 aliphatic rings. The third-order valence-corrected chi connectivity index (χ3v) is 4.64. The highest BCUT2D eigenvalue weighted by Gasteiger charge is 2.42. The maximum Gasteiger partial charge on any atom is 0.0621 e. The maximum absolute atomic E-state index is 10.1. The molecule has 0 unspecified atom stereocenters. The molecule has 0 saturated heterocycles. The minimum atomic E-state index is -0.508. The van der Waals surface area contributed by atoms with Gasteiger partial charge in [-0.1, -0.05) is 23.7 Å². The van der Waals surface area contributed by atoms with E-state index in [1.54, 1.807) is 0 Å².